The number of anilines is 1. The number of nitrogens with zero attached hydrogens (tertiary/aromatic N) is 6. The molecule has 1 atom stereocenters. The second-order valence-corrected chi connectivity index (χ2v) is 10.9. The van der Waals surface area contributed by atoms with Crippen molar-refractivity contribution in [3.8, 4) is 0 Å². The van der Waals surface area contributed by atoms with E-state index < -0.39 is 0 Å². The van der Waals surface area contributed by atoms with E-state index in [1.165, 1.54) is 17.5 Å². The fourth-order valence-electron chi connectivity index (χ4n) is 5.10. The van der Waals surface area contributed by atoms with Crippen LogP contribution in [0.4, 0.5) is 5.82 Å². The lowest BCUT2D eigenvalue weighted by Gasteiger charge is -2.45. The quantitative estimate of drug-likeness (QED) is 0.279. The van der Waals surface area contributed by atoms with Gasteiger partial charge in [0.25, 0.3) is 11.7 Å². The van der Waals surface area contributed by atoms with Crippen LogP contribution in [0.5, 0.6) is 0 Å². The van der Waals surface area contributed by atoms with Crippen molar-refractivity contribution in [2.45, 2.75) is 12.3 Å². The number of carbonyl (C=O) groups excluding carboxylic acids is 1. The summed E-state index contributed by atoms with van der Waals surface area (Å²) < 4.78 is 6.99. The van der Waals surface area contributed by atoms with Gasteiger partial charge >= 0.3 is 0 Å². The van der Waals surface area contributed by atoms with Crippen LogP contribution in [0.1, 0.15) is 32.9 Å². The number of likely N-dealkylation sites (tertiary alicyclic amines) is 1. The Kier molecular flexibility index (Phi) is 5.82. The molecule has 36 heavy (non-hydrogen) atoms. The Labute approximate surface area is 220 Å². The smallest absolute Gasteiger partial charge is 0.279 e. The predicted molar refractivity (Wildman–Crippen MR) is 134 cm³/mol. The fourth-order valence-corrected chi connectivity index (χ4v) is 6.01. The number of amides is 1. The summed E-state index contributed by atoms with van der Waals surface area (Å²) in [6.45, 7) is 2.17. The molecular weight excluding hydrogens is 523 g/mol. The summed E-state index contributed by atoms with van der Waals surface area (Å²) in [7, 11) is 0. The highest BCUT2D eigenvalue weighted by Gasteiger charge is 2.61. The summed E-state index contributed by atoms with van der Waals surface area (Å²) in [6, 6.07) is 10.7. The van der Waals surface area contributed by atoms with E-state index in [1.807, 2.05) is 21.9 Å². The van der Waals surface area contributed by atoms with Crippen molar-refractivity contribution in [2.75, 3.05) is 31.1 Å². The number of pyridine rings is 1. The Balaban J connectivity index is 1.26. The predicted octanol–water partition coefficient (Wildman–Crippen LogP) is 3.80. The fraction of sp³-hybridized carbons (Fsp3) is 0.292. The van der Waals surface area contributed by atoms with E-state index in [-0.39, 0.29) is 17.2 Å². The first-order valence-electron chi connectivity index (χ1n) is 11.3. The molecule has 0 radical (unpaired) electrons. The summed E-state index contributed by atoms with van der Waals surface area (Å²) in [5.74, 6) is 1.31. The van der Waals surface area contributed by atoms with Crippen LogP contribution in [0.2, 0.25) is 10.0 Å². The number of hydrogen-bond acceptors (Lipinski definition) is 8. The molecule has 2 saturated heterocycles. The SMILES string of the molecule is O=C(c1cncs1)N1CC(c2nnc(Cc3ccc(Cl)c(Cl)c3)o2)C2(C1)CN(c1cccc[n+]1[O-])C2. The monoisotopic (exact) mass is 542 g/mol. The van der Waals surface area contributed by atoms with Crippen molar-refractivity contribution >= 4 is 46.3 Å². The highest BCUT2D eigenvalue weighted by atomic mass is 35.5. The molecule has 2 fully saturated rings. The molecule has 1 spiro atoms. The van der Waals surface area contributed by atoms with Crippen molar-refractivity contribution in [1.29, 1.82) is 0 Å². The van der Waals surface area contributed by atoms with Gasteiger partial charge in [0.05, 0.1) is 58.8 Å². The van der Waals surface area contributed by atoms with Gasteiger partial charge in [-0.25, -0.2) is 4.73 Å². The Bertz CT molecular complexity index is 1420. The third-order valence-electron chi connectivity index (χ3n) is 6.84. The molecule has 3 aromatic heterocycles. The van der Waals surface area contributed by atoms with Crippen molar-refractivity contribution in [2.24, 2.45) is 5.41 Å². The van der Waals surface area contributed by atoms with Crippen LogP contribution >= 0.6 is 34.5 Å². The molecular formula is C24H20Cl2N6O3S. The van der Waals surface area contributed by atoms with Crippen molar-refractivity contribution in [1.82, 2.24) is 20.1 Å². The zero-order chi connectivity index (χ0) is 24.9. The maximum atomic E-state index is 13.2. The van der Waals surface area contributed by atoms with Crippen molar-refractivity contribution in [3.63, 3.8) is 0 Å². The van der Waals surface area contributed by atoms with Crippen LogP contribution < -0.4 is 9.63 Å². The third kappa shape index (κ3) is 4.08. The summed E-state index contributed by atoms with van der Waals surface area (Å²) in [5, 5.41) is 21.9. The van der Waals surface area contributed by atoms with Crippen molar-refractivity contribution in [3.05, 3.63) is 91.8 Å². The summed E-state index contributed by atoms with van der Waals surface area (Å²) >= 11 is 13.5. The minimum absolute atomic E-state index is 0.0630. The van der Waals surface area contributed by atoms with Gasteiger partial charge in [-0.2, -0.15) is 0 Å². The largest absolute Gasteiger partial charge is 0.711 e. The van der Waals surface area contributed by atoms with Crippen LogP contribution in [-0.4, -0.2) is 52.2 Å². The van der Waals surface area contributed by atoms with E-state index in [4.69, 9.17) is 27.6 Å². The first-order valence-corrected chi connectivity index (χ1v) is 12.9. The minimum atomic E-state index is -0.309. The number of aromatic nitrogens is 4. The average molecular weight is 543 g/mol. The standard InChI is InChI=1S/C24H20Cl2N6O3S/c25-17-5-4-15(7-18(17)26)8-20-28-29-22(35-20)16-10-30(23(33)19-9-27-14-36-19)11-24(16)12-31(13-24)21-3-1-2-6-32(21)34/h1-7,9,14,16H,8,10-13H2. The molecule has 1 unspecified atom stereocenters. The molecule has 9 nitrogen and oxygen atoms in total. The second-order valence-electron chi connectivity index (χ2n) is 9.17. The van der Waals surface area contributed by atoms with Crippen LogP contribution in [0.15, 0.2) is 58.7 Å². The molecule has 5 heterocycles. The summed E-state index contributed by atoms with van der Waals surface area (Å²) in [4.78, 5) is 21.6. The Morgan fingerprint density at radius 1 is 1.19 bits per heavy atom. The lowest BCUT2D eigenvalue weighted by Crippen LogP contribution is -2.62. The van der Waals surface area contributed by atoms with Gasteiger partial charge in [0.15, 0.2) is 0 Å². The lowest BCUT2D eigenvalue weighted by molar-refractivity contribution is -0.592. The molecule has 6 rings (SSSR count). The second kappa shape index (κ2) is 9.02. The highest BCUT2D eigenvalue weighted by molar-refractivity contribution is 7.11. The summed E-state index contributed by atoms with van der Waals surface area (Å²) in [5.41, 5.74) is 2.25. The van der Waals surface area contributed by atoms with Gasteiger partial charge in [0.1, 0.15) is 4.88 Å². The van der Waals surface area contributed by atoms with Crippen LogP contribution in [0, 0.1) is 10.6 Å². The third-order valence-corrected chi connectivity index (χ3v) is 8.34. The molecule has 2 aliphatic rings. The number of rotatable bonds is 5. The lowest BCUT2D eigenvalue weighted by atomic mass is 9.71. The van der Waals surface area contributed by atoms with E-state index in [0.29, 0.717) is 65.1 Å². The van der Waals surface area contributed by atoms with Gasteiger partial charge in [0, 0.05) is 19.2 Å². The molecule has 4 aromatic rings. The zero-order valence-corrected chi connectivity index (χ0v) is 21.2. The molecule has 0 bridgehead atoms. The van der Waals surface area contributed by atoms with E-state index in [1.54, 1.807) is 36.0 Å². The van der Waals surface area contributed by atoms with Crippen LogP contribution in [-0.2, 0) is 6.42 Å². The number of halogens is 2. The molecule has 0 saturated carbocycles. The zero-order valence-electron chi connectivity index (χ0n) is 18.9. The number of carbonyl (C=O) groups is 1. The Hall–Kier alpha value is -3.21. The molecule has 2 aliphatic heterocycles. The maximum Gasteiger partial charge on any atom is 0.279 e. The average Bonchev–Trinajstić information content (AvgIpc) is 3.60. The van der Waals surface area contributed by atoms with Gasteiger partial charge in [-0.3, -0.25) is 14.7 Å². The van der Waals surface area contributed by atoms with Gasteiger partial charge in [-0.15, -0.1) is 21.5 Å². The molecule has 12 heteroatoms. The first-order chi connectivity index (χ1) is 17.4. The molecule has 1 aromatic carbocycles. The molecule has 0 aliphatic carbocycles. The Morgan fingerprint density at radius 2 is 2.06 bits per heavy atom. The Morgan fingerprint density at radius 3 is 2.81 bits per heavy atom. The van der Waals surface area contributed by atoms with E-state index >= 15 is 0 Å². The van der Waals surface area contributed by atoms with Gasteiger partial charge in [-0.05, 0) is 23.8 Å². The maximum absolute atomic E-state index is 13.2. The minimum Gasteiger partial charge on any atom is -0.711 e. The van der Waals surface area contributed by atoms with Crippen LogP contribution in [0.3, 0.4) is 0 Å². The topological polar surface area (TPSA) is 102 Å². The normalized spacial score (nSPS) is 18.6. The molecule has 184 valence electrons. The summed E-state index contributed by atoms with van der Waals surface area (Å²) in [6.07, 6.45) is 3.49. The van der Waals surface area contributed by atoms with E-state index in [9.17, 15) is 10.0 Å². The molecule has 0 N–H and O–H groups in total. The van der Waals surface area contributed by atoms with Crippen LogP contribution in [0.25, 0.3) is 0 Å². The van der Waals surface area contributed by atoms with E-state index in [2.05, 4.69) is 15.2 Å². The van der Waals surface area contributed by atoms with E-state index in [0.717, 1.165) is 10.3 Å². The number of hydrogen-bond donors (Lipinski definition) is 0. The van der Waals surface area contributed by atoms with Gasteiger partial charge < -0.3 is 14.5 Å². The number of thiazole rings is 1. The first kappa shape index (κ1) is 23.2. The number of benzene rings is 1. The molecule has 1 amide bonds. The highest BCUT2D eigenvalue weighted by Crippen LogP contribution is 2.50. The van der Waals surface area contributed by atoms with Crippen molar-refractivity contribution < 1.29 is 13.9 Å². The van der Waals surface area contributed by atoms with Gasteiger partial charge in [0.2, 0.25) is 11.8 Å². The van der Waals surface area contributed by atoms with Gasteiger partial charge in [-0.1, -0.05) is 35.3 Å².